The van der Waals surface area contributed by atoms with E-state index in [1.54, 1.807) is 13.3 Å². The van der Waals surface area contributed by atoms with Crippen LogP contribution in [0.4, 0.5) is 11.5 Å². The molecule has 1 heterocycles. The summed E-state index contributed by atoms with van der Waals surface area (Å²) in [5.41, 5.74) is 6.64. The van der Waals surface area contributed by atoms with Gasteiger partial charge in [0.05, 0.1) is 11.3 Å². The lowest BCUT2D eigenvalue weighted by Crippen LogP contribution is -2.45. The molecule has 3 N–H and O–H groups in total. The van der Waals surface area contributed by atoms with Crippen LogP contribution in [0.2, 0.25) is 0 Å². The van der Waals surface area contributed by atoms with Crippen LogP contribution in [-0.2, 0) is 4.74 Å². The molecular weight excluding hydrogens is 190 g/mol. The predicted octanol–water partition coefficient (Wildman–Crippen LogP) is 1.64. The summed E-state index contributed by atoms with van der Waals surface area (Å²) in [4.78, 5) is 4.02. The molecule has 1 aromatic heterocycles. The molecule has 0 bridgehead atoms. The number of ether oxygens (including phenoxy) is 1. The molecule has 0 aliphatic heterocycles. The average molecular weight is 207 g/mol. The number of methoxy groups -OCH3 is 1. The van der Waals surface area contributed by atoms with E-state index in [2.05, 4.69) is 10.3 Å². The van der Waals surface area contributed by atoms with Crippen molar-refractivity contribution in [2.45, 2.75) is 24.9 Å². The fourth-order valence-electron chi connectivity index (χ4n) is 1.85. The second-order valence-electron chi connectivity index (χ2n) is 4.03. The zero-order valence-electron chi connectivity index (χ0n) is 8.99. The summed E-state index contributed by atoms with van der Waals surface area (Å²) in [5, 5.41) is 3.29. The number of aromatic nitrogens is 1. The molecule has 0 spiro atoms. The lowest BCUT2D eigenvalue weighted by Gasteiger charge is -2.40. The maximum Gasteiger partial charge on any atom is 0.146 e. The van der Waals surface area contributed by atoms with Crippen LogP contribution in [0.15, 0.2) is 18.3 Å². The fourth-order valence-corrected chi connectivity index (χ4v) is 1.85. The van der Waals surface area contributed by atoms with E-state index < -0.39 is 0 Å². The summed E-state index contributed by atoms with van der Waals surface area (Å²) < 4.78 is 5.51. The van der Waals surface area contributed by atoms with Crippen molar-refractivity contribution in [3.8, 4) is 0 Å². The van der Waals surface area contributed by atoms with Gasteiger partial charge in [0.25, 0.3) is 0 Å². The molecule has 0 aromatic carbocycles. The Hall–Kier alpha value is -1.29. The van der Waals surface area contributed by atoms with E-state index in [0.29, 0.717) is 5.82 Å². The first-order chi connectivity index (χ1) is 7.26. The van der Waals surface area contributed by atoms with Crippen molar-refractivity contribution >= 4 is 11.5 Å². The largest absolute Gasteiger partial charge is 0.382 e. The van der Waals surface area contributed by atoms with Crippen LogP contribution in [0, 0.1) is 0 Å². The van der Waals surface area contributed by atoms with Crippen molar-refractivity contribution in [1.29, 1.82) is 0 Å². The normalized spacial score (nSPS) is 18.2. The van der Waals surface area contributed by atoms with Crippen molar-refractivity contribution in [3.63, 3.8) is 0 Å². The third-order valence-corrected chi connectivity index (χ3v) is 3.14. The van der Waals surface area contributed by atoms with E-state index in [0.717, 1.165) is 25.1 Å². The Bertz CT molecular complexity index is 331. The Balaban J connectivity index is 1.95. The number of nitrogens with zero attached hydrogens (tertiary/aromatic N) is 1. The van der Waals surface area contributed by atoms with Gasteiger partial charge in [-0.25, -0.2) is 4.98 Å². The predicted molar refractivity (Wildman–Crippen MR) is 60.7 cm³/mol. The van der Waals surface area contributed by atoms with Gasteiger partial charge in [-0.15, -0.1) is 0 Å². The second-order valence-corrected chi connectivity index (χ2v) is 4.03. The van der Waals surface area contributed by atoms with Gasteiger partial charge in [-0.1, -0.05) is 0 Å². The topological polar surface area (TPSA) is 60.2 Å². The van der Waals surface area contributed by atoms with Crippen LogP contribution in [0.1, 0.15) is 19.3 Å². The highest BCUT2D eigenvalue weighted by molar-refractivity contribution is 5.61. The van der Waals surface area contributed by atoms with E-state index in [4.69, 9.17) is 10.5 Å². The molecule has 1 aliphatic rings. The van der Waals surface area contributed by atoms with Crippen LogP contribution in [0.25, 0.3) is 0 Å². The van der Waals surface area contributed by atoms with Crippen molar-refractivity contribution in [3.05, 3.63) is 18.3 Å². The van der Waals surface area contributed by atoms with Gasteiger partial charge in [0.1, 0.15) is 5.82 Å². The van der Waals surface area contributed by atoms with Gasteiger partial charge in [-0.05, 0) is 31.4 Å². The number of nitrogens with one attached hydrogen (secondary N) is 1. The van der Waals surface area contributed by atoms with Gasteiger partial charge in [-0.3, -0.25) is 0 Å². The molecule has 82 valence electrons. The van der Waals surface area contributed by atoms with E-state index in [-0.39, 0.29) is 5.60 Å². The third-order valence-electron chi connectivity index (χ3n) is 3.14. The molecule has 15 heavy (non-hydrogen) atoms. The number of nitrogens with two attached hydrogens (primary N) is 1. The summed E-state index contributed by atoms with van der Waals surface area (Å²) in [7, 11) is 1.77. The van der Waals surface area contributed by atoms with Crippen molar-refractivity contribution in [1.82, 2.24) is 4.98 Å². The smallest absolute Gasteiger partial charge is 0.146 e. The van der Waals surface area contributed by atoms with Crippen LogP contribution in [0.5, 0.6) is 0 Å². The van der Waals surface area contributed by atoms with Crippen molar-refractivity contribution in [2.24, 2.45) is 0 Å². The lowest BCUT2D eigenvalue weighted by atomic mass is 9.80. The summed E-state index contributed by atoms with van der Waals surface area (Å²) in [6.45, 7) is 0.805. The first-order valence-corrected chi connectivity index (χ1v) is 5.25. The number of rotatable bonds is 4. The Labute approximate surface area is 89.8 Å². The van der Waals surface area contributed by atoms with Crippen LogP contribution in [-0.4, -0.2) is 24.2 Å². The maximum atomic E-state index is 5.74. The standard InChI is InChI=1S/C11H17N3O/c1-15-11(5-3-6-11)8-14-9-4-2-7-13-10(9)12/h2,4,7,14H,3,5-6,8H2,1H3,(H2,12,13). The van der Waals surface area contributed by atoms with E-state index in [1.165, 1.54) is 6.42 Å². The number of nitrogen functional groups attached to an aromatic ring is 1. The van der Waals surface area contributed by atoms with E-state index >= 15 is 0 Å². The first-order valence-electron chi connectivity index (χ1n) is 5.25. The quantitative estimate of drug-likeness (QED) is 0.788. The Morgan fingerprint density at radius 1 is 1.60 bits per heavy atom. The average Bonchev–Trinajstić information content (AvgIpc) is 2.19. The zero-order chi connectivity index (χ0) is 10.7. The molecule has 1 aliphatic carbocycles. The summed E-state index contributed by atoms with van der Waals surface area (Å²) in [5.74, 6) is 0.545. The van der Waals surface area contributed by atoms with Gasteiger partial charge in [-0.2, -0.15) is 0 Å². The van der Waals surface area contributed by atoms with Gasteiger partial charge >= 0.3 is 0 Å². The number of hydrogen-bond donors (Lipinski definition) is 2. The number of anilines is 2. The molecule has 1 saturated carbocycles. The van der Waals surface area contributed by atoms with Gasteiger partial charge < -0.3 is 15.8 Å². The van der Waals surface area contributed by atoms with Gasteiger partial charge in [0, 0.05) is 19.9 Å². The first kappa shape index (κ1) is 10.2. The SMILES string of the molecule is COC1(CNc2cccnc2N)CCC1. The van der Waals surface area contributed by atoms with Crippen molar-refractivity contribution in [2.75, 3.05) is 24.7 Å². The zero-order valence-corrected chi connectivity index (χ0v) is 8.99. The minimum Gasteiger partial charge on any atom is -0.382 e. The lowest BCUT2D eigenvalue weighted by molar-refractivity contribution is -0.0601. The number of hydrogen-bond acceptors (Lipinski definition) is 4. The molecule has 0 amide bonds. The maximum absolute atomic E-state index is 5.74. The van der Waals surface area contributed by atoms with E-state index in [9.17, 15) is 0 Å². The van der Waals surface area contributed by atoms with Crippen molar-refractivity contribution < 1.29 is 4.74 Å². The molecule has 2 rings (SSSR count). The Morgan fingerprint density at radius 2 is 2.40 bits per heavy atom. The monoisotopic (exact) mass is 207 g/mol. The molecule has 0 saturated heterocycles. The molecular formula is C11H17N3O. The Morgan fingerprint density at radius 3 is 2.93 bits per heavy atom. The summed E-state index contributed by atoms with van der Waals surface area (Å²) >= 11 is 0. The van der Waals surface area contributed by atoms with Crippen LogP contribution < -0.4 is 11.1 Å². The number of pyridine rings is 1. The highest BCUT2D eigenvalue weighted by atomic mass is 16.5. The second kappa shape index (κ2) is 4.06. The fraction of sp³-hybridized carbons (Fsp3) is 0.545. The van der Waals surface area contributed by atoms with E-state index in [1.807, 2.05) is 12.1 Å². The van der Waals surface area contributed by atoms with Crippen LogP contribution in [0.3, 0.4) is 0 Å². The van der Waals surface area contributed by atoms with Crippen LogP contribution >= 0.6 is 0 Å². The Kier molecular flexibility index (Phi) is 2.77. The van der Waals surface area contributed by atoms with Gasteiger partial charge in [0.2, 0.25) is 0 Å². The molecule has 1 aromatic rings. The summed E-state index contributed by atoms with van der Waals surface area (Å²) in [6, 6.07) is 3.81. The third kappa shape index (κ3) is 2.04. The highest BCUT2D eigenvalue weighted by Gasteiger charge is 2.36. The molecule has 4 nitrogen and oxygen atoms in total. The highest BCUT2D eigenvalue weighted by Crippen LogP contribution is 2.35. The molecule has 0 radical (unpaired) electrons. The molecule has 1 fully saturated rings. The minimum absolute atomic E-state index is 0.0162. The summed E-state index contributed by atoms with van der Waals surface area (Å²) in [6.07, 6.45) is 5.18. The molecule has 4 heteroatoms. The molecule has 0 atom stereocenters. The van der Waals surface area contributed by atoms with Gasteiger partial charge in [0.15, 0.2) is 0 Å². The minimum atomic E-state index is 0.0162. The molecule has 0 unspecified atom stereocenters.